The van der Waals surface area contributed by atoms with Crippen molar-refractivity contribution in [1.29, 1.82) is 0 Å². The van der Waals surface area contributed by atoms with Crippen LogP contribution in [-0.2, 0) is 9.59 Å². The van der Waals surface area contributed by atoms with Gasteiger partial charge in [-0.05, 0) is 33.2 Å². The van der Waals surface area contributed by atoms with Crippen molar-refractivity contribution in [2.75, 3.05) is 6.54 Å². The van der Waals surface area contributed by atoms with Crippen LogP contribution < -0.4 is 10.6 Å². The van der Waals surface area contributed by atoms with Gasteiger partial charge in [-0.15, -0.1) is 0 Å². The minimum Gasteiger partial charge on any atom is -0.481 e. The van der Waals surface area contributed by atoms with E-state index >= 15 is 0 Å². The fourth-order valence-corrected chi connectivity index (χ4v) is 2.65. The summed E-state index contributed by atoms with van der Waals surface area (Å²) in [7, 11) is 0. The number of carboxylic acid groups (broad SMARTS) is 1. The maximum Gasteiger partial charge on any atom is 0.308 e. The minimum atomic E-state index is -0.798. The van der Waals surface area contributed by atoms with Crippen molar-refractivity contribution in [3.8, 4) is 0 Å². The molecule has 19 heavy (non-hydrogen) atoms. The molecule has 3 N–H and O–H groups in total. The van der Waals surface area contributed by atoms with Crippen LogP contribution in [0.4, 0.5) is 0 Å². The van der Waals surface area contributed by atoms with Crippen molar-refractivity contribution >= 4 is 11.9 Å². The van der Waals surface area contributed by atoms with Gasteiger partial charge in [0, 0.05) is 6.04 Å². The highest BCUT2D eigenvalue weighted by Crippen LogP contribution is 2.24. The molecule has 0 aromatic heterocycles. The average Bonchev–Trinajstić information content (AvgIpc) is 2.54. The number of carbonyl (C=O) groups excluding carboxylic acids is 1. The van der Waals surface area contributed by atoms with Crippen LogP contribution in [-0.4, -0.2) is 35.1 Å². The molecule has 0 bridgehead atoms. The van der Waals surface area contributed by atoms with Gasteiger partial charge in [0.25, 0.3) is 0 Å². The third kappa shape index (κ3) is 4.49. The summed E-state index contributed by atoms with van der Waals surface area (Å²) in [6.45, 7) is 6.28. The van der Waals surface area contributed by atoms with Crippen molar-refractivity contribution in [2.24, 2.45) is 5.92 Å². The fraction of sp³-hybridized carbons (Fsp3) is 0.857. The van der Waals surface area contributed by atoms with Gasteiger partial charge in [0.05, 0.1) is 11.5 Å². The number of amides is 1. The molecule has 0 heterocycles. The normalized spacial score (nSPS) is 24.6. The van der Waals surface area contributed by atoms with E-state index in [1.807, 2.05) is 20.8 Å². The van der Waals surface area contributed by atoms with Crippen LogP contribution in [0.5, 0.6) is 0 Å². The van der Waals surface area contributed by atoms with Crippen molar-refractivity contribution in [3.05, 3.63) is 0 Å². The molecular formula is C14H26N2O3. The molecule has 0 radical (unpaired) electrons. The summed E-state index contributed by atoms with van der Waals surface area (Å²) in [6, 6.07) is -0.245. The number of nitrogens with one attached hydrogen (secondary N) is 2. The molecule has 1 fully saturated rings. The Labute approximate surface area is 115 Å². The number of hydrogen-bond acceptors (Lipinski definition) is 3. The second-order valence-electron chi connectivity index (χ2n) is 5.82. The summed E-state index contributed by atoms with van der Waals surface area (Å²) in [4.78, 5) is 23.5. The van der Waals surface area contributed by atoms with Gasteiger partial charge in [-0.3, -0.25) is 9.59 Å². The summed E-state index contributed by atoms with van der Waals surface area (Å²) in [6.07, 6.45) is 4.37. The van der Waals surface area contributed by atoms with E-state index in [1.54, 1.807) is 0 Å². The average molecular weight is 270 g/mol. The maximum atomic E-state index is 12.2. The molecule has 0 saturated heterocycles. The van der Waals surface area contributed by atoms with E-state index in [9.17, 15) is 14.7 Å². The van der Waals surface area contributed by atoms with Gasteiger partial charge in [0.15, 0.2) is 0 Å². The number of hydrogen-bond donors (Lipinski definition) is 3. The van der Waals surface area contributed by atoms with Gasteiger partial charge in [0.1, 0.15) is 0 Å². The molecule has 0 aromatic rings. The lowest BCUT2D eigenvalue weighted by Gasteiger charge is -2.30. The minimum absolute atomic E-state index is 0.118. The first kappa shape index (κ1) is 16.0. The van der Waals surface area contributed by atoms with E-state index in [0.717, 1.165) is 25.7 Å². The smallest absolute Gasteiger partial charge is 0.308 e. The van der Waals surface area contributed by atoms with E-state index in [4.69, 9.17) is 0 Å². The molecule has 0 spiro atoms. The zero-order valence-corrected chi connectivity index (χ0v) is 12.2. The van der Waals surface area contributed by atoms with Gasteiger partial charge in [-0.1, -0.05) is 26.2 Å². The highest BCUT2D eigenvalue weighted by Gasteiger charge is 2.34. The molecule has 5 heteroatoms. The number of carboxylic acids is 1. The second-order valence-corrected chi connectivity index (χ2v) is 5.82. The SMILES string of the molecule is CCNC(C)(C)C(=O)NC1CCCCCC1C(=O)O. The third-order valence-electron chi connectivity index (χ3n) is 3.84. The lowest BCUT2D eigenvalue weighted by molar-refractivity contribution is -0.143. The van der Waals surface area contributed by atoms with Gasteiger partial charge in [-0.2, -0.15) is 0 Å². The highest BCUT2D eigenvalue weighted by molar-refractivity contribution is 5.86. The van der Waals surface area contributed by atoms with Gasteiger partial charge < -0.3 is 15.7 Å². The molecule has 0 aliphatic heterocycles. The van der Waals surface area contributed by atoms with Crippen molar-refractivity contribution in [1.82, 2.24) is 10.6 Å². The van der Waals surface area contributed by atoms with E-state index in [-0.39, 0.29) is 11.9 Å². The summed E-state index contributed by atoms with van der Waals surface area (Å²) < 4.78 is 0. The Balaban J connectivity index is 2.70. The monoisotopic (exact) mass is 270 g/mol. The lowest BCUT2D eigenvalue weighted by Crippen LogP contribution is -2.56. The van der Waals surface area contributed by atoms with Gasteiger partial charge in [0.2, 0.25) is 5.91 Å². The quantitative estimate of drug-likeness (QED) is 0.662. The molecule has 0 aromatic carbocycles. The standard InChI is InChI=1S/C14H26N2O3/c1-4-15-14(2,3)13(19)16-11-9-7-5-6-8-10(11)12(17)18/h10-11,15H,4-9H2,1-3H3,(H,16,19)(H,17,18). The number of carbonyl (C=O) groups is 2. The molecule has 1 aliphatic rings. The van der Waals surface area contributed by atoms with Crippen molar-refractivity contribution < 1.29 is 14.7 Å². The Morgan fingerprint density at radius 3 is 2.42 bits per heavy atom. The fourth-order valence-electron chi connectivity index (χ4n) is 2.65. The van der Waals surface area contributed by atoms with Crippen molar-refractivity contribution in [3.63, 3.8) is 0 Å². The number of aliphatic carboxylic acids is 1. The van der Waals surface area contributed by atoms with E-state index < -0.39 is 17.4 Å². The van der Waals surface area contributed by atoms with Crippen LogP contribution in [0.15, 0.2) is 0 Å². The Hall–Kier alpha value is -1.10. The van der Waals surface area contributed by atoms with Gasteiger partial charge in [-0.25, -0.2) is 0 Å². The Kier molecular flexibility index (Phi) is 5.79. The molecule has 110 valence electrons. The molecular weight excluding hydrogens is 244 g/mol. The molecule has 1 amide bonds. The molecule has 2 atom stereocenters. The second kappa shape index (κ2) is 6.89. The number of rotatable bonds is 5. The zero-order chi connectivity index (χ0) is 14.5. The van der Waals surface area contributed by atoms with Crippen molar-refractivity contribution in [2.45, 2.75) is 64.5 Å². The molecule has 5 nitrogen and oxygen atoms in total. The maximum absolute atomic E-state index is 12.2. The van der Waals surface area contributed by atoms with Crippen LogP contribution in [0.1, 0.15) is 52.9 Å². The first-order valence-corrected chi connectivity index (χ1v) is 7.17. The molecule has 1 aliphatic carbocycles. The van der Waals surface area contributed by atoms with Crippen LogP contribution in [0.2, 0.25) is 0 Å². The molecule has 2 unspecified atom stereocenters. The summed E-state index contributed by atoms with van der Waals surface area (Å²) in [5.74, 6) is -1.37. The van der Waals surface area contributed by atoms with E-state index in [2.05, 4.69) is 10.6 Å². The summed E-state index contributed by atoms with van der Waals surface area (Å²) in [5, 5.41) is 15.3. The highest BCUT2D eigenvalue weighted by atomic mass is 16.4. The predicted molar refractivity (Wildman–Crippen MR) is 73.9 cm³/mol. The van der Waals surface area contributed by atoms with Crippen LogP contribution in [0.3, 0.4) is 0 Å². The Morgan fingerprint density at radius 2 is 1.84 bits per heavy atom. The lowest BCUT2D eigenvalue weighted by atomic mass is 9.93. The first-order valence-electron chi connectivity index (χ1n) is 7.17. The topological polar surface area (TPSA) is 78.4 Å². The largest absolute Gasteiger partial charge is 0.481 e. The van der Waals surface area contributed by atoms with Crippen LogP contribution in [0.25, 0.3) is 0 Å². The zero-order valence-electron chi connectivity index (χ0n) is 12.2. The van der Waals surface area contributed by atoms with Crippen LogP contribution in [0, 0.1) is 5.92 Å². The first-order chi connectivity index (χ1) is 8.88. The Morgan fingerprint density at radius 1 is 1.21 bits per heavy atom. The Bertz CT molecular complexity index is 329. The predicted octanol–water partition coefficient (Wildman–Crippen LogP) is 1.52. The number of likely N-dealkylation sites (N-methyl/N-ethyl adjacent to an activating group) is 1. The summed E-state index contributed by atoms with van der Waals surface area (Å²) >= 11 is 0. The van der Waals surface area contributed by atoms with Crippen LogP contribution >= 0.6 is 0 Å². The van der Waals surface area contributed by atoms with E-state index in [1.165, 1.54) is 0 Å². The third-order valence-corrected chi connectivity index (χ3v) is 3.84. The van der Waals surface area contributed by atoms with E-state index in [0.29, 0.717) is 13.0 Å². The molecule has 1 rings (SSSR count). The van der Waals surface area contributed by atoms with Gasteiger partial charge >= 0.3 is 5.97 Å². The molecule has 1 saturated carbocycles. The summed E-state index contributed by atoms with van der Waals surface area (Å²) in [5.41, 5.74) is -0.663.